The fourth-order valence-corrected chi connectivity index (χ4v) is 6.64. The summed E-state index contributed by atoms with van der Waals surface area (Å²) in [4.78, 5) is 46.5. The molecule has 200 valence electrons. The summed E-state index contributed by atoms with van der Waals surface area (Å²) in [6.07, 6.45) is 4.75. The molecule has 0 aromatic heterocycles. The maximum atomic E-state index is 14.2. The number of nitrogens with zero attached hydrogens (tertiary/aromatic N) is 3. The standard InChI is InChI=1S/C26H39N3O7/c1-4-9-28(11-10-27-13-17-34-18-14-27)23(32)21-26-8-7-25(6-3,36-26)20(24(33)35-16-5-2)19(26)22(31)29(21)12-15-30/h4-5,19-21,30H,1-2,6-18H2,3H3/t19-,20+,21?,25-,26?/m0/s1. The first kappa shape index (κ1) is 26.8. The average Bonchev–Trinajstić information content (AvgIpc) is 3.49. The molecule has 2 unspecified atom stereocenters. The van der Waals surface area contributed by atoms with Crippen molar-refractivity contribution in [3.63, 3.8) is 0 Å². The number of carbonyl (C=O) groups is 3. The second-order valence-corrected chi connectivity index (χ2v) is 10.0. The molecule has 1 N–H and O–H groups in total. The molecule has 4 fully saturated rings. The molecule has 0 radical (unpaired) electrons. The Bertz CT molecular complexity index is 876. The van der Waals surface area contributed by atoms with E-state index in [0.717, 1.165) is 13.1 Å². The largest absolute Gasteiger partial charge is 0.461 e. The minimum atomic E-state index is -1.13. The lowest BCUT2D eigenvalue weighted by Crippen LogP contribution is -2.57. The van der Waals surface area contributed by atoms with Crippen LogP contribution in [0, 0.1) is 11.8 Å². The summed E-state index contributed by atoms with van der Waals surface area (Å²) >= 11 is 0. The molecule has 4 saturated heterocycles. The van der Waals surface area contributed by atoms with E-state index < -0.39 is 35.0 Å². The van der Waals surface area contributed by atoms with Crippen LogP contribution in [-0.4, -0.2) is 121 Å². The summed E-state index contributed by atoms with van der Waals surface area (Å²) in [6.45, 7) is 13.5. The van der Waals surface area contributed by atoms with Crippen molar-refractivity contribution in [1.82, 2.24) is 14.7 Å². The smallest absolute Gasteiger partial charge is 0.313 e. The number of amides is 2. The van der Waals surface area contributed by atoms with E-state index >= 15 is 0 Å². The lowest BCUT2D eigenvalue weighted by molar-refractivity contribution is -0.161. The third-order valence-corrected chi connectivity index (χ3v) is 8.30. The minimum Gasteiger partial charge on any atom is -0.461 e. The third-order valence-electron chi connectivity index (χ3n) is 8.30. The van der Waals surface area contributed by atoms with Crippen molar-refractivity contribution in [2.24, 2.45) is 11.8 Å². The van der Waals surface area contributed by atoms with Gasteiger partial charge in [0.15, 0.2) is 0 Å². The maximum Gasteiger partial charge on any atom is 0.313 e. The SMILES string of the molecule is C=CCOC(=O)[C@H]1[C@H]2C(=O)N(CCO)C(C(=O)N(CC=C)CCN3CCOCC3)C23CC[C@]1(CC)O3. The van der Waals surface area contributed by atoms with Crippen LogP contribution in [0.2, 0.25) is 0 Å². The monoisotopic (exact) mass is 505 g/mol. The number of likely N-dealkylation sites (tertiary alicyclic amines) is 1. The lowest BCUT2D eigenvalue weighted by Gasteiger charge is -2.37. The molecule has 2 bridgehead atoms. The number of morpholine rings is 1. The van der Waals surface area contributed by atoms with Crippen LogP contribution in [-0.2, 0) is 28.6 Å². The Morgan fingerprint density at radius 2 is 1.97 bits per heavy atom. The van der Waals surface area contributed by atoms with Gasteiger partial charge in [-0.25, -0.2) is 0 Å². The summed E-state index contributed by atoms with van der Waals surface area (Å²) < 4.78 is 17.5. The number of carbonyl (C=O) groups excluding carboxylic acids is 3. The van der Waals surface area contributed by atoms with Crippen molar-refractivity contribution >= 4 is 17.8 Å². The fourth-order valence-electron chi connectivity index (χ4n) is 6.64. The van der Waals surface area contributed by atoms with E-state index in [1.165, 1.54) is 11.0 Å². The van der Waals surface area contributed by atoms with E-state index in [9.17, 15) is 19.5 Å². The number of esters is 1. The molecular weight excluding hydrogens is 466 g/mol. The minimum absolute atomic E-state index is 0.00417. The van der Waals surface area contributed by atoms with E-state index in [1.807, 2.05) is 6.92 Å². The van der Waals surface area contributed by atoms with Gasteiger partial charge in [0.2, 0.25) is 11.8 Å². The van der Waals surface area contributed by atoms with Crippen LogP contribution in [0.5, 0.6) is 0 Å². The van der Waals surface area contributed by atoms with Crippen molar-refractivity contribution in [1.29, 1.82) is 0 Å². The predicted molar refractivity (Wildman–Crippen MR) is 131 cm³/mol. The summed E-state index contributed by atoms with van der Waals surface area (Å²) in [5.41, 5.74) is -1.98. The first-order valence-electron chi connectivity index (χ1n) is 13.0. The Balaban J connectivity index is 1.65. The second-order valence-electron chi connectivity index (χ2n) is 10.0. The molecule has 0 aromatic rings. The van der Waals surface area contributed by atoms with Crippen LogP contribution < -0.4 is 0 Å². The average molecular weight is 506 g/mol. The van der Waals surface area contributed by atoms with Gasteiger partial charge in [0, 0.05) is 39.3 Å². The van der Waals surface area contributed by atoms with E-state index in [2.05, 4.69) is 18.1 Å². The van der Waals surface area contributed by atoms with Gasteiger partial charge in [0.05, 0.1) is 31.3 Å². The molecule has 4 heterocycles. The molecule has 10 heteroatoms. The molecule has 5 atom stereocenters. The van der Waals surface area contributed by atoms with E-state index in [1.54, 1.807) is 11.0 Å². The van der Waals surface area contributed by atoms with Gasteiger partial charge in [-0.1, -0.05) is 25.7 Å². The molecule has 4 aliphatic heterocycles. The Morgan fingerprint density at radius 3 is 2.61 bits per heavy atom. The summed E-state index contributed by atoms with van der Waals surface area (Å²) in [5, 5.41) is 9.78. The number of ether oxygens (including phenoxy) is 3. The zero-order chi connectivity index (χ0) is 25.9. The van der Waals surface area contributed by atoms with Crippen LogP contribution in [0.25, 0.3) is 0 Å². The fraction of sp³-hybridized carbons (Fsp3) is 0.731. The van der Waals surface area contributed by atoms with Gasteiger partial charge in [-0.2, -0.15) is 0 Å². The van der Waals surface area contributed by atoms with Crippen LogP contribution in [0.1, 0.15) is 26.2 Å². The molecule has 36 heavy (non-hydrogen) atoms. The normalized spacial score (nSPS) is 33.4. The number of fused-ring (bicyclic) bond motifs is 1. The van der Waals surface area contributed by atoms with Gasteiger partial charge < -0.3 is 29.1 Å². The predicted octanol–water partition coefficient (Wildman–Crippen LogP) is 0.210. The van der Waals surface area contributed by atoms with Crippen molar-refractivity contribution < 1.29 is 33.7 Å². The summed E-state index contributed by atoms with van der Waals surface area (Å²) in [6, 6.07) is -0.919. The van der Waals surface area contributed by atoms with E-state index in [4.69, 9.17) is 14.2 Å². The van der Waals surface area contributed by atoms with Crippen LogP contribution >= 0.6 is 0 Å². The molecule has 0 aromatic carbocycles. The molecule has 4 rings (SSSR count). The Hall–Kier alpha value is -2.27. The summed E-state index contributed by atoms with van der Waals surface area (Å²) in [7, 11) is 0. The van der Waals surface area contributed by atoms with Crippen LogP contribution in [0.15, 0.2) is 25.3 Å². The van der Waals surface area contributed by atoms with Crippen LogP contribution in [0.4, 0.5) is 0 Å². The quantitative estimate of drug-likeness (QED) is 0.296. The molecular formula is C26H39N3O7. The van der Waals surface area contributed by atoms with Gasteiger partial charge in [-0.3, -0.25) is 19.3 Å². The van der Waals surface area contributed by atoms with Crippen LogP contribution in [0.3, 0.4) is 0 Å². The molecule has 2 amide bonds. The topological polar surface area (TPSA) is 109 Å². The molecule has 0 saturated carbocycles. The number of hydrogen-bond donors (Lipinski definition) is 1. The first-order valence-corrected chi connectivity index (χ1v) is 13.0. The molecule has 1 spiro atoms. The second kappa shape index (κ2) is 11.0. The van der Waals surface area contributed by atoms with Gasteiger partial charge in [-0.15, -0.1) is 6.58 Å². The van der Waals surface area contributed by atoms with E-state index in [0.29, 0.717) is 52.1 Å². The van der Waals surface area contributed by atoms with Crippen molar-refractivity contribution in [3.05, 3.63) is 25.3 Å². The summed E-state index contributed by atoms with van der Waals surface area (Å²) in [5.74, 6) is -2.69. The number of hydrogen-bond acceptors (Lipinski definition) is 8. The Morgan fingerprint density at radius 1 is 1.22 bits per heavy atom. The number of aliphatic hydroxyl groups is 1. The van der Waals surface area contributed by atoms with Gasteiger partial charge in [0.1, 0.15) is 24.2 Å². The molecule has 4 aliphatic rings. The molecule has 0 aliphatic carbocycles. The lowest BCUT2D eigenvalue weighted by atomic mass is 9.65. The maximum absolute atomic E-state index is 14.2. The van der Waals surface area contributed by atoms with Gasteiger partial charge >= 0.3 is 5.97 Å². The highest BCUT2D eigenvalue weighted by atomic mass is 16.6. The van der Waals surface area contributed by atoms with Crippen molar-refractivity contribution in [2.45, 2.75) is 43.4 Å². The first-order chi connectivity index (χ1) is 17.4. The van der Waals surface area contributed by atoms with E-state index in [-0.39, 0.29) is 31.6 Å². The van der Waals surface area contributed by atoms with Gasteiger partial charge in [0.25, 0.3) is 0 Å². The Labute approximate surface area is 212 Å². The Kier molecular flexibility index (Phi) is 8.18. The highest BCUT2D eigenvalue weighted by molar-refractivity contribution is 5.98. The zero-order valence-electron chi connectivity index (χ0n) is 21.2. The van der Waals surface area contributed by atoms with Crippen molar-refractivity contribution in [2.75, 3.05) is 65.7 Å². The van der Waals surface area contributed by atoms with Crippen molar-refractivity contribution in [3.8, 4) is 0 Å². The third kappa shape index (κ3) is 4.38. The number of rotatable bonds is 12. The number of β-amino-alcohol motifs (C(OH)–C–C–N with tert-alkyl or cyclic N) is 1. The number of aliphatic hydroxyl groups excluding tert-OH is 1. The highest BCUT2D eigenvalue weighted by Gasteiger charge is 2.79. The van der Waals surface area contributed by atoms with Gasteiger partial charge in [-0.05, 0) is 19.3 Å². The highest BCUT2D eigenvalue weighted by Crippen LogP contribution is 2.64. The molecule has 10 nitrogen and oxygen atoms in total. The zero-order valence-corrected chi connectivity index (χ0v) is 21.2.